The fourth-order valence-electron chi connectivity index (χ4n) is 4.17. The van der Waals surface area contributed by atoms with Crippen molar-refractivity contribution in [2.75, 3.05) is 44.2 Å². The number of morpholine rings is 1. The number of aryl methyl sites for hydroxylation is 2. The third-order valence-electron chi connectivity index (χ3n) is 6.68. The van der Waals surface area contributed by atoms with Crippen LogP contribution in [0.15, 0.2) is 70.5 Å². The topological polar surface area (TPSA) is 131 Å². The summed E-state index contributed by atoms with van der Waals surface area (Å²) < 4.78 is 66.6. The SMILES string of the molecule is Cc1ccc(C(=O)NCCOc2ccc(S(=O)(=O)N3CCOCC3)cc2)cc1S(=O)(=O)Nc1cccc(C)c1C. The Morgan fingerprint density at radius 2 is 1.62 bits per heavy atom. The lowest BCUT2D eigenvalue weighted by Crippen LogP contribution is -2.40. The normalized spacial score (nSPS) is 14.5. The molecule has 1 amide bonds. The molecule has 0 spiro atoms. The maximum absolute atomic E-state index is 13.1. The Kier molecular flexibility index (Phi) is 9.14. The van der Waals surface area contributed by atoms with Crippen LogP contribution in [0.4, 0.5) is 5.69 Å². The molecule has 3 aromatic carbocycles. The van der Waals surface area contributed by atoms with E-state index in [0.717, 1.165) is 11.1 Å². The number of anilines is 1. The number of rotatable bonds is 10. The Morgan fingerprint density at radius 3 is 2.33 bits per heavy atom. The molecule has 0 unspecified atom stereocenters. The van der Waals surface area contributed by atoms with E-state index >= 15 is 0 Å². The largest absolute Gasteiger partial charge is 0.492 e. The standard InChI is InChI=1S/C28H33N3O7S2/c1-20-5-4-6-26(22(20)3)30-39(33,34)27-19-23(8-7-21(27)2)28(32)29-13-16-38-24-9-11-25(12-10-24)40(35,36)31-14-17-37-18-15-31/h4-12,19,30H,13-18H2,1-3H3,(H,29,32). The number of nitrogens with zero attached hydrogens (tertiary/aromatic N) is 1. The lowest BCUT2D eigenvalue weighted by atomic mass is 10.1. The molecule has 214 valence electrons. The van der Waals surface area contributed by atoms with Crippen LogP contribution in [0.2, 0.25) is 0 Å². The average molecular weight is 588 g/mol. The van der Waals surface area contributed by atoms with Gasteiger partial charge >= 0.3 is 0 Å². The van der Waals surface area contributed by atoms with Crippen LogP contribution in [0, 0.1) is 20.8 Å². The summed E-state index contributed by atoms with van der Waals surface area (Å²) in [6.45, 7) is 7.08. The monoisotopic (exact) mass is 587 g/mol. The molecule has 3 aromatic rings. The third kappa shape index (κ3) is 6.81. The van der Waals surface area contributed by atoms with E-state index in [2.05, 4.69) is 10.0 Å². The van der Waals surface area contributed by atoms with Crippen LogP contribution in [-0.2, 0) is 24.8 Å². The van der Waals surface area contributed by atoms with Gasteiger partial charge in [0.25, 0.3) is 15.9 Å². The number of sulfonamides is 2. The Balaban J connectivity index is 1.33. The smallest absolute Gasteiger partial charge is 0.262 e. The zero-order valence-electron chi connectivity index (χ0n) is 22.6. The van der Waals surface area contributed by atoms with E-state index in [1.54, 1.807) is 43.3 Å². The van der Waals surface area contributed by atoms with Crippen LogP contribution in [0.25, 0.3) is 0 Å². The summed E-state index contributed by atoms with van der Waals surface area (Å²) in [5.74, 6) is 0.00940. The van der Waals surface area contributed by atoms with E-state index < -0.39 is 26.0 Å². The molecule has 1 aliphatic heterocycles. The van der Waals surface area contributed by atoms with Crippen molar-refractivity contribution in [3.05, 3.63) is 82.9 Å². The highest BCUT2D eigenvalue weighted by molar-refractivity contribution is 7.92. The van der Waals surface area contributed by atoms with Crippen LogP contribution in [-0.4, -0.2) is 66.5 Å². The summed E-state index contributed by atoms with van der Waals surface area (Å²) in [7, 11) is -7.52. The van der Waals surface area contributed by atoms with Gasteiger partial charge < -0.3 is 14.8 Å². The third-order valence-corrected chi connectivity index (χ3v) is 10.1. The van der Waals surface area contributed by atoms with Crippen LogP contribution >= 0.6 is 0 Å². The summed E-state index contributed by atoms with van der Waals surface area (Å²) in [6, 6.07) is 16.0. The zero-order valence-corrected chi connectivity index (χ0v) is 24.3. The van der Waals surface area contributed by atoms with Crippen molar-refractivity contribution in [2.45, 2.75) is 30.6 Å². The minimum Gasteiger partial charge on any atom is -0.492 e. The van der Waals surface area contributed by atoms with Crippen molar-refractivity contribution in [3.63, 3.8) is 0 Å². The van der Waals surface area contributed by atoms with Gasteiger partial charge in [0.05, 0.1) is 35.2 Å². The fourth-order valence-corrected chi connectivity index (χ4v) is 6.97. The number of carbonyl (C=O) groups is 1. The van der Waals surface area contributed by atoms with Gasteiger partial charge in [-0.3, -0.25) is 9.52 Å². The number of benzene rings is 3. The van der Waals surface area contributed by atoms with Gasteiger partial charge in [-0.05, 0) is 79.9 Å². The van der Waals surface area contributed by atoms with E-state index in [1.807, 2.05) is 19.9 Å². The van der Waals surface area contributed by atoms with E-state index in [4.69, 9.17) is 9.47 Å². The first-order chi connectivity index (χ1) is 19.0. The molecule has 1 fully saturated rings. The molecule has 2 N–H and O–H groups in total. The van der Waals surface area contributed by atoms with Crippen molar-refractivity contribution >= 4 is 31.6 Å². The second kappa shape index (κ2) is 12.4. The molecule has 12 heteroatoms. The van der Waals surface area contributed by atoms with E-state index in [1.165, 1.54) is 22.5 Å². The molecule has 4 rings (SSSR count). The van der Waals surface area contributed by atoms with Gasteiger partial charge in [-0.15, -0.1) is 0 Å². The predicted octanol–water partition coefficient (Wildman–Crippen LogP) is 3.24. The maximum Gasteiger partial charge on any atom is 0.262 e. The predicted molar refractivity (Wildman–Crippen MR) is 152 cm³/mol. The Labute approximate surface area is 235 Å². The van der Waals surface area contributed by atoms with Crippen molar-refractivity contribution in [1.29, 1.82) is 0 Å². The molecule has 0 saturated carbocycles. The zero-order chi connectivity index (χ0) is 28.9. The van der Waals surface area contributed by atoms with Gasteiger partial charge in [0, 0.05) is 18.7 Å². The minimum atomic E-state index is -3.93. The molecule has 1 aliphatic rings. The number of amides is 1. The van der Waals surface area contributed by atoms with Crippen molar-refractivity contribution in [3.8, 4) is 5.75 Å². The molecule has 40 heavy (non-hydrogen) atoms. The van der Waals surface area contributed by atoms with Gasteiger partial charge in [-0.25, -0.2) is 16.8 Å². The molecular formula is C28H33N3O7S2. The molecule has 1 saturated heterocycles. The van der Waals surface area contributed by atoms with Crippen LogP contribution in [0.1, 0.15) is 27.0 Å². The summed E-state index contributed by atoms with van der Waals surface area (Å²) >= 11 is 0. The van der Waals surface area contributed by atoms with Crippen molar-refractivity contribution in [2.24, 2.45) is 0 Å². The summed E-state index contributed by atoms with van der Waals surface area (Å²) in [5, 5.41) is 2.72. The summed E-state index contributed by atoms with van der Waals surface area (Å²) in [6.07, 6.45) is 0. The first-order valence-electron chi connectivity index (χ1n) is 12.8. The summed E-state index contributed by atoms with van der Waals surface area (Å²) in [5.41, 5.74) is 2.98. The second-order valence-corrected chi connectivity index (χ2v) is 13.0. The lowest BCUT2D eigenvalue weighted by Gasteiger charge is -2.26. The van der Waals surface area contributed by atoms with Gasteiger partial charge in [0.1, 0.15) is 12.4 Å². The fraction of sp³-hybridized carbons (Fsp3) is 0.321. The number of ether oxygens (including phenoxy) is 2. The number of hydrogen-bond donors (Lipinski definition) is 2. The van der Waals surface area contributed by atoms with Crippen LogP contribution < -0.4 is 14.8 Å². The Bertz CT molecular complexity index is 1580. The number of hydrogen-bond acceptors (Lipinski definition) is 7. The van der Waals surface area contributed by atoms with Crippen LogP contribution in [0.3, 0.4) is 0 Å². The number of carbonyl (C=O) groups excluding carboxylic acids is 1. The van der Waals surface area contributed by atoms with Gasteiger partial charge in [0.2, 0.25) is 10.0 Å². The lowest BCUT2D eigenvalue weighted by molar-refractivity contribution is 0.0730. The molecule has 0 bridgehead atoms. The average Bonchev–Trinajstić information content (AvgIpc) is 2.94. The minimum absolute atomic E-state index is 0.0180. The molecule has 0 atom stereocenters. The van der Waals surface area contributed by atoms with E-state index in [-0.39, 0.29) is 28.5 Å². The van der Waals surface area contributed by atoms with E-state index in [0.29, 0.717) is 43.3 Å². The molecule has 0 aromatic heterocycles. The summed E-state index contributed by atoms with van der Waals surface area (Å²) in [4.78, 5) is 12.9. The van der Waals surface area contributed by atoms with Crippen molar-refractivity contribution < 1.29 is 31.1 Å². The van der Waals surface area contributed by atoms with Crippen LogP contribution in [0.5, 0.6) is 5.75 Å². The number of nitrogens with one attached hydrogen (secondary N) is 2. The molecule has 1 heterocycles. The highest BCUT2D eigenvalue weighted by Gasteiger charge is 2.26. The Morgan fingerprint density at radius 1 is 0.925 bits per heavy atom. The van der Waals surface area contributed by atoms with Crippen molar-refractivity contribution in [1.82, 2.24) is 9.62 Å². The van der Waals surface area contributed by atoms with Gasteiger partial charge in [-0.2, -0.15) is 4.31 Å². The maximum atomic E-state index is 13.1. The first-order valence-corrected chi connectivity index (χ1v) is 15.7. The quantitative estimate of drug-likeness (QED) is 0.348. The highest BCUT2D eigenvalue weighted by Crippen LogP contribution is 2.25. The highest BCUT2D eigenvalue weighted by atomic mass is 32.2. The molecular weight excluding hydrogens is 554 g/mol. The van der Waals surface area contributed by atoms with Gasteiger partial charge in [0.15, 0.2) is 0 Å². The molecule has 10 nitrogen and oxygen atoms in total. The van der Waals surface area contributed by atoms with E-state index in [9.17, 15) is 21.6 Å². The molecule has 0 radical (unpaired) electrons. The first kappa shape index (κ1) is 29.5. The Hall–Kier alpha value is -3.45. The van der Waals surface area contributed by atoms with Gasteiger partial charge in [-0.1, -0.05) is 18.2 Å². The second-order valence-electron chi connectivity index (χ2n) is 9.43. The molecule has 0 aliphatic carbocycles.